The highest BCUT2D eigenvalue weighted by Gasteiger charge is 2.29. The number of anilines is 2. The third-order valence-corrected chi connectivity index (χ3v) is 12.0. The van der Waals surface area contributed by atoms with Crippen LogP contribution in [0.1, 0.15) is 32.4 Å². The van der Waals surface area contributed by atoms with Crippen LogP contribution in [-0.2, 0) is 29.3 Å². The van der Waals surface area contributed by atoms with E-state index in [9.17, 15) is 24.0 Å². The molecular weight excluding hydrogens is 819 g/mol. The number of carboxylic acid groups (broad SMARTS) is 2. The van der Waals surface area contributed by atoms with E-state index in [0.29, 0.717) is 23.8 Å². The van der Waals surface area contributed by atoms with Crippen molar-refractivity contribution in [2.45, 2.75) is 44.2 Å². The van der Waals surface area contributed by atoms with Gasteiger partial charge in [-0.25, -0.2) is 9.78 Å². The van der Waals surface area contributed by atoms with Crippen LogP contribution >= 0.6 is 23.1 Å². The first-order valence-corrected chi connectivity index (χ1v) is 21.1. The first-order valence-electron chi connectivity index (χ1n) is 19.1. The third-order valence-electron chi connectivity index (χ3n) is 9.52. The zero-order chi connectivity index (χ0) is 42.8. The molecule has 0 aliphatic carbocycles. The Kier molecular flexibility index (Phi) is 14.6. The number of carbonyl (C=O) groups is 5. The predicted molar refractivity (Wildman–Crippen MR) is 226 cm³/mol. The molecule has 21 heteroatoms. The van der Waals surface area contributed by atoms with E-state index >= 15 is 0 Å². The molecule has 3 aromatic heterocycles. The largest absolute Gasteiger partial charge is 0.492 e. The number of imidazole rings is 1. The highest BCUT2D eigenvalue weighted by atomic mass is 32.2. The van der Waals surface area contributed by atoms with Gasteiger partial charge in [-0.15, -0.1) is 0 Å². The molecule has 1 aliphatic heterocycles. The number of rotatable bonds is 20. The molecule has 0 bridgehead atoms. The number of morpholine rings is 1. The average molecular weight is 866 g/mol. The fourth-order valence-corrected chi connectivity index (χ4v) is 8.41. The number of amides is 4. The molecule has 320 valence electrons. The van der Waals surface area contributed by atoms with E-state index in [1.807, 2.05) is 50.4 Å². The Hall–Kier alpha value is -5.74. The summed E-state index contributed by atoms with van der Waals surface area (Å²) in [7, 11) is 0. The molecule has 5 aromatic rings. The number of benzene rings is 2. The molecule has 1 aliphatic rings. The minimum atomic E-state index is -1.26. The lowest BCUT2D eigenvalue weighted by Gasteiger charge is -2.26. The number of hydrogen-bond donors (Lipinski definition) is 7. The van der Waals surface area contributed by atoms with Crippen molar-refractivity contribution in [3.8, 4) is 17.0 Å². The number of hydrogen-bond acceptors (Lipinski definition) is 14. The van der Waals surface area contributed by atoms with Crippen molar-refractivity contribution in [1.29, 1.82) is 0 Å². The van der Waals surface area contributed by atoms with Gasteiger partial charge in [0.1, 0.15) is 36.7 Å². The molecule has 60 heavy (non-hydrogen) atoms. The van der Waals surface area contributed by atoms with Crippen LogP contribution < -0.4 is 31.7 Å². The van der Waals surface area contributed by atoms with E-state index < -0.39 is 53.8 Å². The molecule has 4 heterocycles. The summed E-state index contributed by atoms with van der Waals surface area (Å²) in [5.41, 5.74) is 8.07. The summed E-state index contributed by atoms with van der Waals surface area (Å²) in [4.78, 5) is 68.1. The topological polar surface area (TPSA) is 265 Å². The summed E-state index contributed by atoms with van der Waals surface area (Å²) in [6.07, 6.45) is 1.61. The fourth-order valence-electron chi connectivity index (χ4n) is 6.13. The molecule has 2 aromatic carbocycles. The van der Waals surface area contributed by atoms with E-state index in [1.165, 1.54) is 11.8 Å². The monoisotopic (exact) mass is 865 g/mol. The Morgan fingerprint density at radius 2 is 1.82 bits per heavy atom. The molecule has 0 saturated carbocycles. The Balaban J connectivity index is 0.980. The van der Waals surface area contributed by atoms with Gasteiger partial charge >= 0.3 is 18.0 Å². The highest BCUT2D eigenvalue weighted by Crippen LogP contribution is 2.33. The van der Waals surface area contributed by atoms with Crippen LogP contribution in [0.4, 0.5) is 16.3 Å². The molecule has 2 unspecified atom stereocenters. The van der Waals surface area contributed by atoms with Crippen molar-refractivity contribution in [2.75, 3.05) is 68.1 Å². The summed E-state index contributed by atoms with van der Waals surface area (Å²) < 4.78 is 20.1. The number of fused-ring (bicyclic) bond motifs is 3. The van der Waals surface area contributed by atoms with Crippen LogP contribution in [0.5, 0.6) is 5.75 Å². The molecule has 0 radical (unpaired) electrons. The fraction of sp³-hybridized carbons (Fsp3) is 0.410. The number of ether oxygens (including phenoxy) is 2. The van der Waals surface area contributed by atoms with Crippen LogP contribution in [0, 0.1) is 0 Å². The van der Waals surface area contributed by atoms with Gasteiger partial charge in [-0.1, -0.05) is 42.5 Å². The Morgan fingerprint density at radius 1 is 1.05 bits per heavy atom. The molecule has 2 atom stereocenters. The first kappa shape index (κ1) is 43.8. The predicted octanol–water partition coefficient (Wildman–Crippen LogP) is 3.45. The lowest BCUT2D eigenvalue weighted by Crippen LogP contribution is -2.49. The summed E-state index contributed by atoms with van der Waals surface area (Å²) >= 11 is 2.87. The first-order chi connectivity index (χ1) is 28.7. The summed E-state index contributed by atoms with van der Waals surface area (Å²) in [5, 5.41) is 32.1. The molecule has 19 nitrogen and oxygen atoms in total. The molecule has 6 rings (SSSR count). The van der Waals surface area contributed by atoms with Gasteiger partial charge in [0.05, 0.1) is 29.1 Å². The zero-order valence-corrected chi connectivity index (χ0v) is 34.6. The molecule has 1 fully saturated rings. The van der Waals surface area contributed by atoms with Crippen molar-refractivity contribution in [3.63, 3.8) is 0 Å². The second-order valence-corrected chi connectivity index (χ2v) is 16.7. The highest BCUT2D eigenvalue weighted by molar-refractivity contribution is 7.99. The number of nitrogens with zero attached hydrogens (tertiary/aromatic N) is 4. The Morgan fingerprint density at radius 3 is 2.55 bits per heavy atom. The summed E-state index contributed by atoms with van der Waals surface area (Å²) in [5.74, 6) is -1.96. The van der Waals surface area contributed by atoms with Crippen molar-refractivity contribution in [3.05, 3.63) is 60.5 Å². The smallest absolute Gasteiger partial charge is 0.324 e. The number of thioether (sulfide) groups is 1. The third kappa shape index (κ3) is 11.9. The lowest BCUT2D eigenvalue weighted by molar-refractivity contribution is -0.139. The van der Waals surface area contributed by atoms with Crippen molar-refractivity contribution < 1.29 is 48.2 Å². The number of aliphatic carboxylic acids is 2. The minimum Gasteiger partial charge on any atom is -0.492 e. The van der Waals surface area contributed by atoms with Gasteiger partial charge in [0.2, 0.25) is 11.8 Å². The number of nitrogens with two attached hydrogens (primary N) is 1. The second kappa shape index (κ2) is 20.0. The van der Waals surface area contributed by atoms with Gasteiger partial charge in [0, 0.05) is 66.5 Å². The van der Waals surface area contributed by atoms with E-state index in [0.717, 1.165) is 65.0 Å². The number of carboxylic acids is 2. The normalized spacial score (nSPS) is 14.4. The Labute approximate surface area is 352 Å². The van der Waals surface area contributed by atoms with E-state index in [-0.39, 0.29) is 24.4 Å². The molecule has 8 N–H and O–H groups in total. The molecule has 0 spiro atoms. The van der Waals surface area contributed by atoms with Gasteiger partial charge in [0.25, 0.3) is 0 Å². The maximum absolute atomic E-state index is 12.9. The van der Waals surface area contributed by atoms with Crippen molar-refractivity contribution >= 4 is 79.6 Å². The minimum absolute atomic E-state index is 0.0647. The number of thiazole rings is 1. The van der Waals surface area contributed by atoms with Crippen LogP contribution in [0.2, 0.25) is 0 Å². The van der Waals surface area contributed by atoms with Crippen molar-refractivity contribution in [2.24, 2.45) is 5.73 Å². The van der Waals surface area contributed by atoms with Crippen molar-refractivity contribution in [1.82, 2.24) is 30.1 Å². The second-order valence-electron chi connectivity index (χ2n) is 14.7. The maximum Gasteiger partial charge on any atom is 0.324 e. The van der Waals surface area contributed by atoms with Gasteiger partial charge in [-0.05, 0) is 36.8 Å². The maximum atomic E-state index is 12.9. The SMILES string of the molecule is CC(C)(CSCC(NC(=O)CCC(N)C(=O)O)C(=O)NCC(=O)O)c1cc(NC(=O)Nc2ccc(-c3cn4c(n3)sc3cc(OCCN5CCOCC5)ccc34)cc2)no1. The van der Waals surface area contributed by atoms with Gasteiger partial charge < -0.3 is 45.9 Å². The summed E-state index contributed by atoms with van der Waals surface area (Å²) in [6, 6.07) is 12.1. The van der Waals surface area contributed by atoms with Crippen LogP contribution in [0.15, 0.2) is 59.3 Å². The zero-order valence-electron chi connectivity index (χ0n) is 33.0. The molecular formula is C39H47N9O10S2. The molecule has 1 saturated heterocycles. The van der Waals surface area contributed by atoms with E-state index in [4.69, 9.17) is 34.9 Å². The molecule has 4 amide bonds. The quantitative estimate of drug-likeness (QED) is 0.0591. The van der Waals surface area contributed by atoms with Gasteiger partial charge in [-0.3, -0.25) is 33.8 Å². The average Bonchev–Trinajstić information content (AvgIpc) is 3.95. The van der Waals surface area contributed by atoms with E-state index in [2.05, 4.69) is 35.7 Å². The number of aromatic nitrogens is 3. The number of urea groups is 1. The van der Waals surface area contributed by atoms with Crippen LogP contribution in [0.3, 0.4) is 0 Å². The Bertz CT molecular complexity index is 2300. The van der Waals surface area contributed by atoms with E-state index in [1.54, 1.807) is 29.5 Å². The standard InChI is InChI=1S/C39H47N9O10S2/c1-39(2,22-59-21-28(35(52)41-19-34(50)51)43-33(49)10-8-26(40)36(53)54)31-18-32(46-58-31)45-37(55)42-24-5-3-23(4-6-24)27-20-48-29-9-7-25(17-30(29)60-38(48)44-27)57-16-13-47-11-14-56-15-12-47/h3-7,9,17-18,20,26,28H,8,10-16,19,21-22,40H2,1-2H3,(H,41,52)(H,43,49)(H,50,51)(H,53,54)(H2,42,45,46,55). The summed E-state index contributed by atoms with van der Waals surface area (Å²) in [6.45, 7) is 7.93. The number of nitrogens with one attached hydrogen (secondary N) is 4. The van der Waals surface area contributed by atoms with Crippen LogP contribution in [0.25, 0.3) is 26.4 Å². The van der Waals surface area contributed by atoms with Crippen LogP contribution in [-0.4, -0.2) is 129 Å². The number of carbonyl (C=O) groups excluding carboxylic acids is 3. The lowest BCUT2D eigenvalue weighted by atomic mass is 9.93. The van der Waals surface area contributed by atoms with Gasteiger partial charge in [-0.2, -0.15) is 11.8 Å². The van der Waals surface area contributed by atoms with Gasteiger partial charge in [0.15, 0.2) is 10.8 Å².